The van der Waals surface area contributed by atoms with Crippen LogP contribution in [0.25, 0.3) is 0 Å². The molecule has 0 fully saturated rings. The first kappa shape index (κ1) is 15.1. The van der Waals surface area contributed by atoms with Gasteiger partial charge in [-0.1, -0.05) is 0 Å². The van der Waals surface area contributed by atoms with Gasteiger partial charge in [0.1, 0.15) is 0 Å². The van der Waals surface area contributed by atoms with Crippen LogP contribution < -0.4 is 5.32 Å². The number of aromatic nitrogens is 2. The van der Waals surface area contributed by atoms with Crippen molar-refractivity contribution in [3.8, 4) is 0 Å². The standard InChI is InChI=1S/C16H21N3O2/c1-11(2)21-16(20)13-5-7-15(8-6-13)18-12(3)14-9-17-19(4)10-14/h5-12,18H,1-4H3. The van der Waals surface area contributed by atoms with Crippen molar-refractivity contribution in [2.45, 2.75) is 32.9 Å². The molecule has 1 unspecified atom stereocenters. The van der Waals surface area contributed by atoms with E-state index in [4.69, 9.17) is 4.74 Å². The summed E-state index contributed by atoms with van der Waals surface area (Å²) in [7, 11) is 1.89. The molecule has 1 heterocycles. The number of rotatable bonds is 5. The molecule has 0 spiro atoms. The Hall–Kier alpha value is -2.30. The highest BCUT2D eigenvalue weighted by Gasteiger charge is 2.10. The molecule has 21 heavy (non-hydrogen) atoms. The van der Waals surface area contributed by atoms with E-state index in [1.165, 1.54) is 0 Å². The maximum atomic E-state index is 11.8. The first-order chi connectivity index (χ1) is 9.95. The van der Waals surface area contributed by atoms with Gasteiger partial charge in [-0.3, -0.25) is 4.68 Å². The molecule has 1 N–H and O–H groups in total. The zero-order valence-corrected chi connectivity index (χ0v) is 12.8. The van der Waals surface area contributed by atoms with Gasteiger partial charge in [-0.25, -0.2) is 4.79 Å². The monoisotopic (exact) mass is 287 g/mol. The quantitative estimate of drug-likeness (QED) is 0.858. The van der Waals surface area contributed by atoms with Crippen molar-refractivity contribution in [2.75, 3.05) is 5.32 Å². The lowest BCUT2D eigenvalue weighted by Crippen LogP contribution is -2.11. The molecule has 0 saturated carbocycles. The molecule has 5 nitrogen and oxygen atoms in total. The second-order valence-electron chi connectivity index (χ2n) is 5.34. The lowest BCUT2D eigenvalue weighted by atomic mass is 10.1. The van der Waals surface area contributed by atoms with Gasteiger partial charge in [0.25, 0.3) is 0 Å². The van der Waals surface area contributed by atoms with E-state index in [0.717, 1.165) is 11.3 Å². The minimum absolute atomic E-state index is 0.110. The lowest BCUT2D eigenvalue weighted by molar-refractivity contribution is 0.0378. The number of nitrogens with one attached hydrogen (secondary N) is 1. The molecule has 5 heteroatoms. The lowest BCUT2D eigenvalue weighted by Gasteiger charge is -2.14. The molecular weight excluding hydrogens is 266 g/mol. The topological polar surface area (TPSA) is 56.1 Å². The summed E-state index contributed by atoms with van der Waals surface area (Å²) in [6, 6.07) is 7.44. The largest absolute Gasteiger partial charge is 0.459 e. The van der Waals surface area contributed by atoms with Gasteiger partial charge < -0.3 is 10.1 Å². The van der Waals surface area contributed by atoms with Crippen LogP contribution in [0.4, 0.5) is 5.69 Å². The van der Waals surface area contributed by atoms with Crippen LogP contribution in [0.1, 0.15) is 42.7 Å². The number of carbonyl (C=O) groups is 1. The molecule has 1 aromatic carbocycles. The van der Waals surface area contributed by atoms with E-state index in [0.29, 0.717) is 5.56 Å². The Morgan fingerprint density at radius 2 is 1.90 bits per heavy atom. The number of carbonyl (C=O) groups excluding carboxylic acids is 1. The zero-order valence-electron chi connectivity index (χ0n) is 12.8. The molecular formula is C16H21N3O2. The summed E-state index contributed by atoms with van der Waals surface area (Å²) in [6.45, 7) is 5.74. The average molecular weight is 287 g/mol. The third kappa shape index (κ3) is 4.08. The predicted octanol–water partition coefficient (Wildman–Crippen LogP) is 3.16. The second-order valence-corrected chi connectivity index (χ2v) is 5.34. The van der Waals surface area contributed by atoms with Crippen LogP contribution >= 0.6 is 0 Å². The van der Waals surface area contributed by atoms with E-state index >= 15 is 0 Å². The predicted molar refractivity (Wildman–Crippen MR) is 82.2 cm³/mol. The van der Waals surface area contributed by atoms with Crippen molar-refractivity contribution < 1.29 is 9.53 Å². The Morgan fingerprint density at radius 3 is 2.43 bits per heavy atom. The van der Waals surface area contributed by atoms with Crippen LogP contribution in [0.5, 0.6) is 0 Å². The summed E-state index contributed by atoms with van der Waals surface area (Å²) in [4.78, 5) is 11.8. The van der Waals surface area contributed by atoms with Crippen LogP contribution in [-0.2, 0) is 11.8 Å². The van der Waals surface area contributed by atoms with Gasteiger partial charge >= 0.3 is 5.97 Å². The number of ether oxygens (including phenoxy) is 1. The number of benzene rings is 1. The molecule has 0 radical (unpaired) electrons. The first-order valence-corrected chi connectivity index (χ1v) is 7.02. The Balaban J connectivity index is 2.00. The number of aryl methyl sites for hydroxylation is 1. The van der Waals surface area contributed by atoms with Crippen LogP contribution in [0.3, 0.4) is 0 Å². The van der Waals surface area contributed by atoms with E-state index in [9.17, 15) is 4.79 Å². The minimum Gasteiger partial charge on any atom is -0.459 e. The Kier molecular flexibility index (Phi) is 4.62. The van der Waals surface area contributed by atoms with Gasteiger partial charge in [-0.05, 0) is 45.0 Å². The molecule has 0 amide bonds. The molecule has 2 rings (SSSR count). The van der Waals surface area contributed by atoms with Crippen molar-refractivity contribution in [3.05, 3.63) is 47.8 Å². The van der Waals surface area contributed by atoms with E-state index in [-0.39, 0.29) is 18.1 Å². The molecule has 1 atom stereocenters. The van der Waals surface area contributed by atoms with E-state index in [1.54, 1.807) is 16.8 Å². The fourth-order valence-corrected chi connectivity index (χ4v) is 1.98. The van der Waals surface area contributed by atoms with Gasteiger partial charge in [0.2, 0.25) is 0 Å². The summed E-state index contributed by atoms with van der Waals surface area (Å²) in [6.07, 6.45) is 3.71. The molecule has 2 aromatic rings. The Labute approximate surface area is 124 Å². The maximum absolute atomic E-state index is 11.8. The molecule has 0 aliphatic heterocycles. The molecule has 1 aromatic heterocycles. The Morgan fingerprint density at radius 1 is 1.24 bits per heavy atom. The third-order valence-corrected chi connectivity index (χ3v) is 3.07. The molecule has 0 aliphatic rings. The van der Waals surface area contributed by atoms with Crippen LogP contribution in [0, 0.1) is 0 Å². The van der Waals surface area contributed by atoms with Crippen molar-refractivity contribution in [2.24, 2.45) is 7.05 Å². The van der Waals surface area contributed by atoms with Gasteiger partial charge in [-0.15, -0.1) is 0 Å². The van der Waals surface area contributed by atoms with Crippen molar-refractivity contribution in [1.82, 2.24) is 9.78 Å². The van der Waals surface area contributed by atoms with Gasteiger partial charge in [0, 0.05) is 24.5 Å². The zero-order chi connectivity index (χ0) is 15.4. The van der Waals surface area contributed by atoms with Crippen LogP contribution in [0.2, 0.25) is 0 Å². The summed E-state index contributed by atoms with van der Waals surface area (Å²) in [5.41, 5.74) is 2.62. The normalized spacial score (nSPS) is 12.2. The van der Waals surface area contributed by atoms with Crippen molar-refractivity contribution in [3.63, 3.8) is 0 Å². The highest BCUT2D eigenvalue weighted by Crippen LogP contribution is 2.19. The summed E-state index contributed by atoms with van der Waals surface area (Å²) in [5, 5.41) is 7.53. The van der Waals surface area contributed by atoms with Gasteiger partial charge in [0.15, 0.2) is 0 Å². The first-order valence-electron chi connectivity index (χ1n) is 7.02. The van der Waals surface area contributed by atoms with E-state index in [2.05, 4.69) is 17.3 Å². The number of esters is 1. The average Bonchev–Trinajstić information content (AvgIpc) is 2.85. The number of nitrogens with zero attached hydrogens (tertiary/aromatic N) is 2. The maximum Gasteiger partial charge on any atom is 0.338 e. The molecule has 0 bridgehead atoms. The highest BCUT2D eigenvalue weighted by atomic mass is 16.5. The van der Waals surface area contributed by atoms with Crippen molar-refractivity contribution in [1.29, 1.82) is 0 Å². The molecule has 0 aliphatic carbocycles. The molecule has 0 saturated heterocycles. The fourth-order valence-electron chi connectivity index (χ4n) is 1.98. The fraction of sp³-hybridized carbons (Fsp3) is 0.375. The van der Waals surface area contributed by atoms with Crippen LogP contribution in [-0.4, -0.2) is 21.9 Å². The number of hydrogen-bond acceptors (Lipinski definition) is 4. The van der Waals surface area contributed by atoms with E-state index < -0.39 is 0 Å². The van der Waals surface area contributed by atoms with Crippen LogP contribution in [0.15, 0.2) is 36.7 Å². The van der Waals surface area contributed by atoms with E-state index in [1.807, 2.05) is 45.4 Å². The summed E-state index contributed by atoms with van der Waals surface area (Å²) in [5.74, 6) is -0.295. The molecule has 112 valence electrons. The van der Waals surface area contributed by atoms with Crippen molar-refractivity contribution >= 4 is 11.7 Å². The third-order valence-electron chi connectivity index (χ3n) is 3.07. The summed E-state index contributed by atoms with van der Waals surface area (Å²) < 4.78 is 6.94. The van der Waals surface area contributed by atoms with Gasteiger partial charge in [-0.2, -0.15) is 5.10 Å². The Bertz CT molecular complexity index is 602. The minimum atomic E-state index is -0.295. The number of anilines is 1. The number of hydrogen-bond donors (Lipinski definition) is 1. The smallest absolute Gasteiger partial charge is 0.338 e. The SMILES string of the molecule is CC(C)OC(=O)c1ccc(NC(C)c2cnn(C)c2)cc1. The summed E-state index contributed by atoms with van der Waals surface area (Å²) >= 11 is 0. The highest BCUT2D eigenvalue weighted by molar-refractivity contribution is 5.89. The van der Waals surface area contributed by atoms with Gasteiger partial charge in [0.05, 0.1) is 23.9 Å². The second kappa shape index (κ2) is 6.43.